The molecule has 0 bridgehead atoms. The topological polar surface area (TPSA) is 41.6 Å². The van der Waals surface area contributed by atoms with Gasteiger partial charge in [-0.3, -0.25) is 4.79 Å². The highest BCUT2D eigenvalue weighted by Gasteiger charge is 2.02. The molecule has 5 heteroatoms. The maximum Gasteiger partial charge on any atom is 0.222 e. The molecule has 1 unspecified atom stereocenters. The minimum Gasteiger partial charge on any atom is -0.367 e. The van der Waals surface area contributed by atoms with E-state index in [1.807, 2.05) is 6.92 Å². The predicted octanol–water partition coefficient (Wildman–Crippen LogP) is 0.737. The van der Waals surface area contributed by atoms with Crippen molar-refractivity contribution in [2.24, 2.45) is 0 Å². The van der Waals surface area contributed by atoms with Crippen molar-refractivity contribution >= 4 is 18.5 Å². The number of nitrogens with zero attached hydrogens (tertiary/aromatic N) is 1. The molecule has 0 aliphatic rings. The van der Waals surface area contributed by atoms with Crippen LogP contribution in [0.5, 0.6) is 0 Å². The van der Waals surface area contributed by atoms with Crippen LogP contribution in [-0.2, 0) is 9.53 Å². The van der Waals surface area contributed by atoms with E-state index in [4.69, 9.17) is 4.74 Å². The maximum atomic E-state index is 11.2. The molecule has 0 aliphatic carbocycles. The second-order valence-electron chi connectivity index (χ2n) is 3.61. The summed E-state index contributed by atoms with van der Waals surface area (Å²) in [5.74, 6) is 0.178. The normalized spacial score (nSPS) is 12.5. The Labute approximate surface area is 97.8 Å². The molecule has 0 aromatic heterocycles. The number of hydrogen-bond acceptors (Lipinski definition) is 4. The van der Waals surface area contributed by atoms with Crippen molar-refractivity contribution in [3.05, 3.63) is 0 Å². The molecule has 4 nitrogen and oxygen atoms in total. The average Bonchev–Trinajstić information content (AvgIpc) is 2.15. The monoisotopic (exact) mass is 234 g/mol. The van der Waals surface area contributed by atoms with E-state index in [1.54, 1.807) is 19.0 Å². The average molecular weight is 234 g/mol. The van der Waals surface area contributed by atoms with Crippen molar-refractivity contribution in [2.75, 3.05) is 33.8 Å². The molecule has 0 aromatic rings. The summed E-state index contributed by atoms with van der Waals surface area (Å²) in [6.07, 6.45) is 1.47. The number of thiol groups is 1. The van der Waals surface area contributed by atoms with Crippen LogP contribution in [0.4, 0.5) is 0 Å². The van der Waals surface area contributed by atoms with E-state index in [0.29, 0.717) is 13.0 Å². The molecular formula is C10H22N2O2S. The molecule has 0 aliphatic heterocycles. The molecule has 1 N–H and O–H groups in total. The molecule has 1 amide bonds. The van der Waals surface area contributed by atoms with Crippen LogP contribution in [-0.4, -0.2) is 50.0 Å². The van der Waals surface area contributed by atoms with Crippen LogP contribution in [0.1, 0.15) is 19.8 Å². The fraction of sp³-hybridized carbons (Fsp3) is 0.900. The Balaban J connectivity index is 3.15. The number of carbonyl (C=O) groups is 1. The molecule has 0 saturated heterocycles. The highest BCUT2D eigenvalue weighted by Crippen LogP contribution is 1.93. The summed E-state index contributed by atoms with van der Waals surface area (Å²) in [4.78, 5) is 12.8. The second kappa shape index (κ2) is 9.00. The van der Waals surface area contributed by atoms with Crippen molar-refractivity contribution in [1.82, 2.24) is 10.2 Å². The Kier molecular flexibility index (Phi) is 8.85. The van der Waals surface area contributed by atoms with Crippen LogP contribution in [0.3, 0.4) is 0 Å². The molecule has 0 spiro atoms. The lowest BCUT2D eigenvalue weighted by atomic mass is 10.3. The van der Waals surface area contributed by atoms with Gasteiger partial charge in [-0.15, -0.1) is 12.6 Å². The standard InChI is InChI=1S/C10H22N2O2S/c1-9(15)14-8-7-11-6-4-5-10(13)12(2)3/h9,11,15H,4-8H2,1-3H3. The summed E-state index contributed by atoms with van der Waals surface area (Å²) in [5, 5.41) is 3.21. The fourth-order valence-corrected chi connectivity index (χ4v) is 1.12. The number of ether oxygens (including phenoxy) is 1. The largest absolute Gasteiger partial charge is 0.367 e. The third kappa shape index (κ3) is 10.0. The molecule has 0 saturated carbocycles. The zero-order valence-electron chi connectivity index (χ0n) is 9.82. The van der Waals surface area contributed by atoms with Gasteiger partial charge in [-0.25, -0.2) is 0 Å². The summed E-state index contributed by atoms with van der Waals surface area (Å²) >= 11 is 4.09. The van der Waals surface area contributed by atoms with Crippen LogP contribution >= 0.6 is 12.6 Å². The van der Waals surface area contributed by atoms with E-state index >= 15 is 0 Å². The van der Waals surface area contributed by atoms with Gasteiger partial charge >= 0.3 is 0 Å². The lowest BCUT2D eigenvalue weighted by Crippen LogP contribution is -2.25. The van der Waals surface area contributed by atoms with Crippen molar-refractivity contribution in [3.8, 4) is 0 Å². The first-order valence-electron chi connectivity index (χ1n) is 5.24. The molecule has 15 heavy (non-hydrogen) atoms. The lowest BCUT2D eigenvalue weighted by Gasteiger charge is -2.10. The first kappa shape index (κ1) is 14.7. The number of nitrogens with one attached hydrogen (secondary N) is 1. The number of rotatable bonds is 8. The van der Waals surface area contributed by atoms with Gasteiger partial charge in [0.1, 0.15) is 0 Å². The molecule has 1 atom stereocenters. The van der Waals surface area contributed by atoms with Gasteiger partial charge in [0, 0.05) is 27.1 Å². The third-order valence-electron chi connectivity index (χ3n) is 1.88. The Hall–Kier alpha value is -0.260. The van der Waals surface area contributed by atoms with Gasteiger partial charge in [0.05, 0.1) is 12.0 Å². The lowest BCUT2D eigenvalue weighted by molar-refractivity contribution is -0.128. The summed E-state index contributed by atoms with van der Waals surface area (Å²) < 4.78 is 5.23. The van der Waals surface area contributed by atoms with E-state index in [-0.39, 0.29) is 11.3 Å². The zero-order chi connectivity index (χ0) is 11.7. The van der Waals surface area contributed by atoms with Gasteiger partial charge < -0.3 is 15.0 Å². The third-order valence-corrected chi connectivity index (χ3v) is 2.03. The van der Waals surface area contributed by atoms with E-state index in [2.05, 4.69) is 17.9 Å². The molecule has 0 fully saturated rings. The SMILES string of the molecule is CC(S)OCCNCCCC(=O)N(C)C. The molecule has 0 radical (unpaired) electrons. The molecule has 0 aromatic carbocycles. The van der Waals surface area contributed by atoms with E-state index < -0.39 is 0 Å². The van der Waals surface area contributed by atoms with Crippen LogP contribution in [0, 0.1) is 0 Å². The minimum atomic E-state index is -0.0119. The molecular weight excluding hydrogens is 212 g/mol. The molecule has 0 heterocycles. The quantitative estimate of drug-likeness (QED) is 0.370. The minimum absolute atomic E-state index is 0.0119. The first-order valence-corrected chi connectivity index (χ1v) is 5.76. The van der Waals surface area contributed by atoms with E-state index in [0.717, 1.165) is 19.5 Å². The summed E-state index contributed by atoms with van der Waals surface area (Å²) in [5.41, 5.74) is -0.0119. The predicted molar refractivity (Wildman–Crippen MR) is 65.2 cm³/mol. The van der Waals surface area contributed by atoms with Crippen molar-refractivity contribution < 1.29 is 9.53 Å². The van der Waals surface area contributed by atoms with Crippen LogP contribution in [0.15, 0.2) is 0 Å². The highest BCUT2D eigenvalue weighted by molar-refractivity contribution is 7.80. The maximum absolute atomic E-state index is 11.2. The zero-order valence-corrected chi connectivity index (χ0v) is 10.7. The number of carbonyl (C=O) groups excluding carboxylic acids is 1. The van der Waals surface area contributed by atoms with Crippen LogP contribution in [0.25, 0.3) is 0 Å². The van der Waals surface area contributed by atoms with Gasteiger partial charge in [0.25, 0.3) is 0 Å². The summed E-state index contributed by atoms with van der Waals surface area (Å²) in [6, 6.07) is 0. The molecule has 0 rings (SSSR count). The van der Waals surface area contributed by atoms with Gasteiger partial charge in [-0.2, -0.15) is 0 Å². The fourth-order valence-electron chi connectivity index (χ4n) is 1.01. The number of amides is 1. The van der Waals surface area contributed by atoms with E-state index in [1.165, 1.54) is 0 Å². The van der Waals surface area contributed by atoms with Gasteiger partial charge in [0.15, 0.2) is 0 Å². The van der Waals surface area contributed by atoms with Gasteiger partial charge in [-0.1, -0.05) is 0 Å². The second-order valence-corrected chi connectivity index (χ2v) is 4.34. The Morgan fingerprint density at radius 1 is 1.47 bits per heavy atom. The van der Waals surface area contributed by atoms with Crippen molar-refractivity contribution in [2.45, 2.75) is 25.2 Å². The number of hydrogen-bond donors (Lipinski definition) is 2. The van der Waals surface area contributed by atoms with Gasteiger partial charge in [0.2, 0.25) is 5.91 Å². The van der Waals surface area contributed by atoms with Crippen LogP contribution < -0.4 is 5.32 Å². The summed E-state index contributed by atoms with van der Waals surface area (Å²) in [7, 11) is 3.55. The smallest absolute Gasteiger partial charge is 0.222 e. The molecule has 90 valence electrons. The first-order chi connectivity index (χ1) is 7.04. The Morgan fingerprint density at radius 3 is 2.67 bits per heavy atom. The van der Waals surface area contributed by atoms with E-state index in [9.17, 15) is 4.79 Å². The Bertz CT molecular complexity index is 175. The van der Waals surface area contributed by atoms with Gasteiger partial charge in [-0.05, 0) is 19.9 Å². The summed E-state index contributed by atoms with van der Waals surface area (Å²) in [6.45, 7) is 4.20. The highest BCUT2D eigenvalue weighted by atomic mass is 32.1. The van der Waals surface area contributed by atoms with Crippen molar-refractivity contribution in [1.29, 1.82) is 0 Å². The Morgan fingerprint density at radius 2 is 2.13 bits per heavy atom. The van der Waals surface area contributed by atoms with Crippen molar-refractivity contribution in [3.63, 3.8) is 0 Å². The van der Waals surface area contributed by atoms with Crippen LogP contribution in [0.2, 0.25) is 0 Å².